The van der Waals surface area contributed by atoms with Crippen molar-refractivity contribution in [3.05, 3.63) is 53.8 Å². The zero-order chi connectivity index (χ0) is 17.6. The van der Waals surface area contributed by atoms with Gasteiger partial charge in [0.25, 0.3) is 0 Å². The lowest BCUT2D eigenvalue weighted by Gasteiger charge is -2.06. The van der Waals surface area contributed by atoms with Crippen molar-refractivity contribution in [3.8, 4) is 11.3 Å². The summed E-state index contributed by atoms with van der Waals surface area (Å²) in [6.07, 6.45) is 8.73. The monoisotopic (exact) mass is 355 g/mol. The van der Waals surface area contributed by atoms with Crippen molar-refractivity contribution in [2.75, 3.05) is 5.32 Å². The van der Waals surface area contributed by atoms with Gasteiger partial charge >= 0.3 is 0 Å². The molecular weight excluding hydrogens is 334 g/mol. The van der Waals surface area contributed by atoms with Gasteiger partial charge in [0, 0.05) is 30.1 Å². The number of pyridine rings is 1. The Balaban J connectivity index is 1.71. The number of benzene rings is 1. The third-order valence-electron chi connectivity index (χ3n) is 4.11. The number of hydrogen-bond donors (Lipinski definition) is 1. The van der Waals surface area contributed by atoms with Gasteiger partial charge in [0.05, 0.1) is 10.7 Å². The lowest BCUT2D eigenvalue weighted by molar-refractivity contribution is -0.116. The first kappa shape index (κ1) is 17.5. The van der Waals surface area contributed by atoms with Crippen molar-refractivity contribution >= 4 is 28.8 Å². The molecular formula is C20H22ClN3O. The lowest BCUT2D eigenvalue weighted by atomic mass is 10.1. The summed E-state index contributed by atoms with van der Waals surface area (Å²) in [5, 5.41) is 3.64. The van der Waals surface area contributed by atoms with Gasteiger partial charge in [-0.25, -0.2) is 4.98 Å². The van der Waals surface area contributed by atoms with Crippen LogP contribution in [0.15, 0.2) is 48.8 Å². The van der Waals surface area contributed by atoms with Crippen LogP contribution < -0.4 is 5.32 Å². The molecule has 1 aromatic carbocycles. The highest BCUT2D eigenvalue weighted by Gasteiger charge is 2.07. The van der Waals surface area contributed by atoms with Crippen LogP contribution in [-0.4, -0.2) is 15.3 Å². The maximum Gasteiger partial charge on any atom is 0.224 e. The van der Waals surface area contributed by atoms with E-state index in [0.717, 1.165) is 35.4 Å². The van der Waals surface area contributed by atoms with E-state index in [2.05, 4.69) is 17.2 Å². The van der Waals surface area contributed by atoms with Gasteiger partial charge in [-0.05, 0) is 30.7 Å². The predicted molar refractivity (Wildman–Crippen MR) is 103 cm³/mol. The number of fused-ring (bicyclic) bond motifs is 1. The van der Waals surface area contributed by atoms with Crippen molar-refractivity contribution in [3.63, 3.8) is 0 Å². The summed E-state index contributed by atoms with van der Waals surface area (Å²) >= 11 is 6.02. The number of nitrogens with one attached hydrogen (secondary N) is 1. The number of carbonyl (C=O) groups is 1. The fourth-order valence-electron chi connectivity index (χ4n) is 2.80. The summed E-state index contributed by atoms with van der Waals surface area (Å²) < 4.78 is 1.90. The molecule has 2 aromatic heterocycles. The topological polar surface area (TPSA) is 46.4 Å². The second-order valence-electron chi connectivity index (χ2n) is 6.18. The van der Waals surface area contributed by atoms with E-state index in [1.807, 2.05) is 53.2 Å². The molecule has 1 N–H and O–H groups in total. The second kappa shape index (κ2) is 8.17. The SMILES string of the molecule is CCCCCCC(=O)Nc1cccc(-c2cn3cc(Cl)ccc3n2)c1. The summed E-state index contributed by atoms with van der Waals surface area (Å²) in [6, 6.07) is 11.5. The lowest BCUT2D eigenvalue weighted by Crippen LogP contribution is -2.11. The van der Waals surface area contributed by atoms with Crippen molar-refractivity contribution < 1.29 is 4.79 Å². The summed E-state index contributed by atoms with van der Waals surface area (Å²) in [7, 11) is 0. The van der Waals surface area contributed by atoms with E-state index in [1.54, 1.807) is 0 Å². The van der Waals surface area contributed by atoms with Crippen LogP contribution in [0.1, 0.15) is 39.0 Å². The van der Waals surface area contributed by atoms with E-state index < -0.39 is 0 Å². The Kier molecular flexibility index (Phi) is 5.71. The van der Waals surface area contributed by atoms with Crippen LogP contribution in [0.3, 0.4) is 0 Å². The number of rotatable bonds is 7. The molecule has 2 heterocycles. The largest absolute Gasteiger partial charge is 0.326 e. The van der Waals surface area contributed by atoms with E-state index in [1.165, 1.54) is 12.8 Å². The highest BCUT2D eigenvalue weighted by atomic mass is 35.5. The molecule has 0 unspecified atom stereocenters. The Morgan fingerprint density at radius 1 is 1.16 bits per heavy atom. The maximum absolute atomic E-state index is 12.1. The first-order valence-corrected chi connectivity index (χ1v) is 9.08. The Morgan fingerprint density at radius 2 is 2.04 bits per heavy atom. The second-order valence-corrected chi connectivity index (χ2v) is 6.62. The molecule has 3 aromatic rings. The maximum atomic E-state index is 12.1. The quantitative estimate of drug-likeness (QED) is 0.563. The molecule has 0 radical (unpaired) electrons. The summed E-state index contributed by atoms with van der Waals surface area (Å²) in [6.45, 7) is 2.17. The van der Waals surface area contributed by atoms with E-state index in [0.29, 0.717) is 11.4 Å². The average molecular weight is 356 g/mol. The van der Waals surface area contributed by atoms with Crippen LogP contribution in [0.5, 0.6) is 0 Å². The molecule has 130 valence electrons. The molecule has 0 saturated carbocycles. The number of amides is 1. The Labute approximate surface area is 152 Å². The minimum Gasteiger partial charge on any atom is -0.326 e. The summed E-state index contributed by atoms with van der Waals surface area (Å²) in [5.41, 5.74) is 3.45. The first-order chi connectivity index (χ1) is 12.2. The van der Waals surface area contributed by atoms with Gasteiger partial charge in [-0.2, -0.15) is 0 Å². The van der Waals surface area contributed by atoms with Crippen LogP contribution >= 0.6 is 11.6 Å². The van der Waals surface area contributed by atoms with Crippen LogP contribution in [0.25, 0.3) is 16.9 Å². The minimum atomic E-state index is 0.0648. The number of anilines is 1. The van der Waals surface area contributed by atoms with E-state index >= 15 is 0 Å². The van der Waals surface area contributed by atoms with E-state index in [9.17, 15) is 4.79 Å². The highest BCUT2D eigenvalue weighted by Crippen LogP contribution is 2.23. The molecule has 25 heavy (non-hydrogen) atoms. The van der Waals surface area contributed by atoms with Crippen LogP contribution in [0, 0.1) is 0 Å². The van der Waals surface area contributed by atoms with E-state index in [-0.39, 0.29) is 5.91 Å². The molecule has 4 nitrogen and oxygen atoms in total. The van der Waals surface area contributed by atoms with Crippen LogP contribution in [0.4, 0.5) is 5.69 Å². The fourth-order valence-corrected chi connectivity index (χ4v) is 2.96. The molecule has 0 aliphatic rings. The highest BCUT2D eigenvalue weighted by molar-refractivity contribution is 6.30. The van der Waals surface area contributed by atoms with Gasteiger partial charge in [0.1, 0.15) is 5.65 Å². The molecule has 5 heteroatoms. The first-order valence-electron chi connectivity index (χ1n) is 8.70. The molecule has 0 aliphatic carbocycles. The number of carbonyl (C=O) groups excluding carboxylic acids is 1. The number of nitrogens with zero attached hydrogens (tertiary/aromatic N) is 2. The van der Waals surface area contributed by atoms with Crippen LogP contribution in [-0.2, 0) is 4.79 Å². The minimum absolute atomic E-state index is 0.0648. The van der Waals surface area contributed by atoms with Gasteiger partial charge in [0.15, 0.2) is 0 Å². The molecule has 0 bridgehead atoms. The Hall–Kier alpha value is -2.33. The normalized spacial score (nSPS) is 11.0. The Bertz CT molecular complexity index is 872. The van der Waals surface area contributed by atoms with Gasteiger partial charge in [-0.3, -0.25) is 4.79 Å². The van der Waals surface area contributed by atoms with Gasteiger partial charge in [0.2, 0.25) is 5.91 Å². The molecule has 0 fully saturated rings. The molecule has 0 aliphatic heterocycles. The molecule has 0 saturated heterocycles. The number of aromatic nitrogens is 2. The van der Waals surface area contributed by atoms with Gasteiger partial charge < -0.3 is 9.72 Å². The summed E-state index contributed by atoms with van der Waals surface area (Å²) in [5.74, 6) is 0.0648. The average Bonchev–Trinajstić information content (AvgIpc) is 3.02. The number of halogens is 1. The third kappa shape index (κ3) is 4.60. The van der Waals surface area contributed by atoms with Crippen molar-refractivity contribution in [1.82, 2.24) is 9.38 Å². The third-order valence-corrected chi connectivity index (χ3v) is 4.34. The predicted octanol–water partition coefficient (Wildman–Crippen LogP) is 5.56. The molecule has 0 spiro atoms. The zero-order valence-electron chi connectivity index (χ0n) is 14.3. The number of hydrogen-bond acceptors (Lipinski definition) is 2. The smallest absolute Gasteiger partial charge is 0.224 e. The van der Waals surface area contributed by atoms with E-state index in [4.69, 9.17) is 11.6 Å². The molecule has 0 atom stereocenters. The van der Waals surface area contributed by atoms with Gasteiger partial charge in [-0.15, -0.1) is 0 Å². The number of imidazole rings is 1. The number of unbranched alkanes of at least 4 members (excludes halogenated alkanes) is 3. The standard InChI is InChI=1S/C20H22ClN3O/c1-2-3-4-5-9-20(25)22-17-8-6-7-15(12-17)18-14-24-13-16(21)10-11-19(24)23-18/h6-8,10-14H,2-5,9H2,1H3,(H,22,25). The summed E-state index contributed by atoms with van der Waals surface area (Å²) in [4.78, 5) is 16.7. The fraction of sp³-hybridized carbons (Fsp3) is 0.300. The van der Waals surface area contributed by atoms with Gasteiger partial charge in [-0.1, -0.05) is 49.9 Å². The van der Waals surface area contributed by atoms with Crippen molar-refractivity contribution in [2.24, 2.45) is 0 Å². The Morgan fingerprint density at radius 3 is 2.88 bits per heavy atom. The molecule has 3 rings (SSSR count). The van der Waals surface area contributed by atoms with Crippen molar-refractivity contribution in [2.45, 2.75) is 39.0 Å². The molecule has 1 amide bonds. The zero-order valence-corrected chi connectivity index (χ0v) is 15.1. The van der Waals surface area contributed by atoms with Crippen LogP contribution in [0.2, 0.25) is 5.02 Å². The van der Waals surface area contributed by atoms with Crippen molar-refractivity contribution in [1.29, 1.82) is 0 Å².